The van der Waals surface area contributed by atoms with Crippen LogP contribution < -0.4 is 19.1 Å². The molecule has 32 heavy (non-hydrogen) atoms. The van der Waals surface area contributed by atoms with Gasteiger partial charge >= 0.3 is 194 Å². The minimum absolute atomic E-state index is 0.119. The summed E-state index contributed by atoms with van der Waals surface area (Å²) in [5, 5.41) is 9.03. The van der Waals surface area contributed by atoms with Gasteiger partial charge in [0.25, 0.3) is 0 Å². The second-order valence-corrected chi connectivity index (χ2v) is 9.90. The van der Waals surface area contributed by atoms with Gasteiger partial charge < -0.3 is 0 Å². The summed E-state index contributed by atoms with van der Waals surface area (Å²) >= 11 is -0.668. The average Bonchev–Trinajstić information content (AvgIpc) is 2.80. The molecule has 0 saturated carbocycles. The van der Waals surface area contributed by atoms with Crippen LogP contribution in [0.15, 0.2) is 83.8 Å². The number of hydrogen-bond acceptors (Lipinski definition) is 4. The van der Waals surface area contributed by atoms with Crippen LogP contribution in [0.4, 0.5) is 0 Å². The molecule has 0 saturated heterocycles. The van der Waals surface area contributed by atoms with E-state index in [-0.39, 0.29) is 5.56 Å². The number of aryl methyl sites for hydroxylation is 2. The van der Waals surface area contributed by atoms with Gasteiger partial charge in [0, 0.05) is 0 Å². The molecule has 1 aromatic heterocycles. The summed E-state index contributed by atoms with van der Waals surface area (Å²) in [7, 11) is 0. The first-order valence-electron chi connectivity index (χ1n) is 10.1. The first kappa shape index (κ1) is 21.6. The van der Waals surface area contributed by atoms with E-state index in [1.165, 1.54) is 0 Å². The maximum atomic E-state index is 13.2. The van der Waals surface area contributed by atoms with E-state index in [2.05, 4.69) is 17.1 Å². The second kappa shape index (κ2) is 9.68. The second-order valence-electron chi connectivity index (χ2n) is 7.46. The van der Waals surface area contributed by atoms with E-state index in [4.69, 9.17) is 10.00 Å². The van der Waals surface area contributed by atoms with Gasteiger partial charge in [0.1, 0.15) is 0 Å². The third-order valence-corrected chi connectivity index (χ3v) is 7.13. The Kier molecular flexibility index (Phi) is 6.54. The fourth-order valence-electron chi connectivity index (χ4n) is 3.28. The van der Waals surface area contributed by atoms with Gasteiger partial charge in [0.15, 0.2) is 0 Å². The van der Waals surface area contributed by atoms with Gasteiger partial charge in [-0.3, -0.25) is 0 Å². The quantitative estimate of drug-likeness (QED) is 0.396. The van der Waals surface area contributed by atoms with Gasteiger partial charge in [0.2, 0.25) is 0 Å². The zero-order chi connectivity index (χ0) is 22.5. The molecular formula is C26H21AsN3O2. The molecule has 4 aromatic rings. The Morgan fingerprint density at radius 2 is 1.78 bits per heavy atom. The summed E-state index contributed by atoms with van der Waals surface area (Å²) < 4.78 is 9.27. The van der Waals surface area contributed by atoms with Crippen molar-refractivity contribution in [2.24, 2.45) is 0 Å². The number of ether oxygens (including phenoxy) is 1. The van der Waals surface area contributed by atoms with Gasteiger partial charge in [-0.05, 0) is 0 Å². The van der Waals surface area contributed by atoms with Gasteiger partial charge in [-0.25, -0.2) is 0 Å². The topological polar surface area (TPSA) is 67.9 Å². The summed E-state index contributed by atoms with van der Waals surface area (Å²) in [6.07, 6.45) is 1.68. The van der Waals surface area contributed by atoms with Crippen LogP contribution in [0.5, 0.6) is 11.6 Å². The zero-order valence-electron chi connectivity index (χ0n) is 17.8. The van der Waals surface area contributed by atoms with Crippen LogP contribution in [-0.2, 0) is 6.54 Å². The summed E-state index contributed by atoms with van der Waals surface area (Å²) in [4.78, 5) is 17.8. The number of nitrogens with zero attached hydrogens (tertiary/aromatic N) is 3. The minimum atomic E-state index is -0.668. The predicted octanol–water partition coefficient (Wildman–Crippen LogP) is 3.23. The Bertz CT molecular complexity index is 1340. The van der Waals surface area contributed by atoms with E-state index in [0.717, 1.165) is 21.0 Å². The third kappa shape index (κ3) is 5.16. The molecule has 0 unspecified atom stereocenters. The van der Waals surface area contributed by atoms with Crippen molar-refractivity contribution < 1.29 is 4.74 Å². The van der Waals surface area contributed by atoms with Crippen molar-refractivity contribution in [1.82, 2.24) is 9.55 Å². The number of hydrogen-bond donors (Lipinski definition) is 0. The van der Waals surface area contributed by atoms with Crippen LogP contribution in [-0.4, -0.2) is 25.3 Å². The normalized spacial score (nSPS) is 10.9. The van der Waals surface area contributed by atoms with Crippen LogP contribution in [0.1, 0.15) is 22.3 Å². The number of nitriles is 1. The summed E-state index contributed by atoms with van der Waals surface area (Å²) in [6, 6.07) is 25.2. The van der Waals surface area contributed by atoms with Crippen molar-refractivity contribution in [1.29, 1.82) is 5.26 Å². The molecule has 157 valence electrons. The van der Waals surface area contributed by atoms with Gasteiger partial charge in [-0.2, -0.15) is 0 Å². The summed E-state index contributed by atoms with van der Waals surface area (Å²) in [6.45, 7) is 4.47. The molecule has 1 radical (unpaired) electrons. The maximum absolute atomic E-state index is 13.2. The molecule has 1 heterocycles. The molecule has 0 aliphatic heterocycles. The van der Waals surface area contributed by atoms with E-state index >= 15 is 0 Å². The van der Waals surface area contributed by atoms with E-state index in [0.29, 0.717) is 28.2 Å². The Morgan fingerprint density at radius 1 is 1.03 bits per heavy atom. The van der Waals surface area contributed by atoms with Crippen LogP contribution in [0.25, 0.3) is 0 Å². The molecular weight excluding hydrogens is 461 g/mol. The fraction of sp³-hybridized carbons (Fsp3) is 0.115. The number of aromatic nitrogens is 2. The van der Waals surface area contributed by atoms with E-state index in [1.807, 2.05) is 68.4 Å². The number of benzene rings is 3. The van der Waals surface area contributed by atoms with Crippen molar-refractivity contribution in [2.75, 3.05) is 0 Å². The van der Waals surface area contributed by atoms with Gasteiger partial charge in [-0.1, -0.05) is 0 Å². The predicted molar refractivity (Wildman–Crippen MR) is 126 cm³/mol. The monoisotopic (exact) mass is 482 g/mol. The molecule has 0 atom stereocenters. The van der Waals surface area contributed by atoms with Gasteiger partial charge in [-0.15, -0.1) is 0 Å². The zero-order valence-corrected chi connectivity index (χ0v) is 19.7. The van der Waals surface area contributed by atoms with E-state index in [9.17, 15) is 4.79 Å². The Labute approximate surface area is 193 Å². The van der Waals surface area contributed by atoms with Gasteiger partial charge in [0.05, 0.1) is 0 Å². The molecule has 0 aliphatic carbocycles. The molecule has 0 N–H and O–H groups in total. The van der Waals surface area contributed by atoms with Crippen LogP contribution in [0.2, 0.25) is 0 Å². The Morgan fingerprint density at radius 3 is 2.47 bits per heavy atom. The standard InChI is InChI=1S/C26H21AsN3O2/c1-18-8-13-23(19(2)14-18)32-24-17-30(16-21-6-4-3-5-7-21)26(31)25(29-24)27-22-11-9-20(15-28)10-12-22/h3-14,17H,16H2,1-2H3. The molecule has 0 fully saturated rings. The third-order valence-electron chi connectivity index (χ3n) is 4.91. The molecule has 3 aromatic carbocycles. The Balaban J connectivity index is 1.73. The SMILES string of the molecule is Cc1ccc(Oc2cn(Cc3ccccc3)c(=O)c([As]c3ccc(C#N)cc3)n2)c(C)c1. The molecule has 4 rings (SSSR count). The molecule has 5 nitrogen and oxygen atoms in total. The fourth-order valence-corrected chi connectivity index (χ4v) is 5.20. The Hall–Kier alpha value is -3.61. The molecule has 0 aliphatic rings. The first-order chi connectivity index (χ1) is 15.5. The average molecular weight is 482 g/mol. The molecule has 0 bridgehead atoms. The van der Waals surface area contributed by atoms with E-state index < -0.39 is 15.8 Å². The van der Waals surface area contributed by atoms with Crippen molar-refractivity contribution in [3.05, 3.63) is 112 Å². The summed E-state index contributed by atoms with van der Waals surface area (Å²) in [5.41, 5.74) is 3.67. The van der Waals surface area contributed by atoms with Crippen LogP contribution in [0, 0.1) is 25.2 Å². The summed E-state index contributed by atoms with van der Waals surface area (Å²) in [5.74, 6) is 1.11. The van der Waals surface area contributed by atoms with Crippen molar-refractivity contribution in [2.45, 2.75) is 20.4 Å². The molecule has 0 amide bonds. The van der Waals surface area contributed by atoms with Crippen LogP contribution in [0.3, 0.4) is 0 Å². The first-order valence-corrected chi connectivity index (χ1v) is 12.0. The molecule has 0 spiro atoms. The number of rotatable bonds is 6. The van der Waals surface area contributed by atoms with E-state index in [1.54, 1.807) is 22.9 Å². The molecule has 6 heteroatoms. The van der Waals surface area contributed by atoms with Crippen molar-refractivity contribution >= 4 is 24.6 Å². The van der Waals surface area contributed by atoms with Crippen molar-refractivity contribution in [3.63, 3.8) is 0 Å². The van der Waals surface area contributed by atoms with Crippen LogP contribution >= 0.6 is 0 Å². The van der Waals surface area contributed by atoms with Crippen molar-refractivity contribution in [3.8, 4) is 17.7 Å².